The predicted molar refractivity (Wildman–Crippen MR) is 73.5 cm³/mol. The lowest BCUT2D eigenvalue weighted by molar-refractivity contribution is -0.140. The van der Waals surface area contributed by atoms with Gasteiger partial charge in [0.25, 0.3) is 0 Å². The Labute approximate surface area is 115 Å². The van der Waals surface area contributed by atoms with Crippen molar-refractivity contribution in [1.29, 1.82) is 0 Å². The molecule has 0 spiro atoms. The number of hydrogen-bond acceptors (Lipinski definition) is 3. The Kier molecular flexibility index (Phi) is 7.25. The summed E-state index contributed by atoms with van der Waals surface area (Å²) in [5.74, 6) is 0.0950. The van der Waals surface area contributed by atoms with Gasteiger partial charge in [0.15, 0.2) is 0 Å². The summed E-state index contributed by atoms with van der Waals surface area (Å²) in [5, 5.41) is 0. The number of piperidine rings is 1. The lowest BCUT2D eigenvalue weighted by atomic mass is 9.96. The molecule has 0 aromatic carbocycles. The van der Waals surface area contributed by atoms with Crippen LogP contribution in [0.5, 0.6) is 0 Å². The number of amides is 2. The van der Waals surface area contributed by atoms with Crippen LogP contribution in [0.25, 0.3) is 0 Å². The Balaban J connectivity index is 0.00000289. The first-order valence-electron chi connectivity index (χ1n) is 6.19. The van der Waals surface area contributed by atoms with Crippen LogP contribution < -0.4 is 5.73 Å². The van der Waals surface area contributed by atoms with Crippen molar-refractivity contribution in [3.63, 3.8) is 0 Å². The van der Waals surface area contributed by atoms with Crippen molar-refractivity contribution in [3.8, 4) is 0 Å². The van der Waals surface area contributed by atoms with Crippen molar-refractivity contribution in [2.75, 3.05) is 26.7 Å². The maximum atomic E-state index is 12.2. The maximum Gasteiger partial charge on any atom is 0.227 e. The average Bonchev–Trinajstić information content (AvgIpc) is 2.36. The minimum absolute atomic E-state index is 0. The Morgan fingerprint density at radius 1 is 1.50 bits per heavy atom. The van der Waals surface area contributed by atoms with Gasteiger partial charge in [0.05, 0.1) is 5.92 Å². The fourth-order valence-electron chi connectivity index (χ4n) is 2.13. The molecule has 0 aromatic heterocycles. The van der Waals surface area contributed by atoms with Gasteiger partial charge in [0, 0.05) is 39.6 Å². The summed E-state index contributed by atoms with van der Waals surface area (Å²) in [6, 6.07) is 0.0511. The van der Waals surface area contributed by atoms with E-state index in [2.05, 4.69) is 0 Å². The van der Waals surface area contributed by atoms with Crippen molar-refractivity contribution in [3.05, 3.63) is 0 Å². The first-order chi connectivity index (χ1) is 7.97. The van der Waals surface area contributed by atoms with Crippen molar-refractivity contribution < 1.29 is 9.59 Å². The van der Waals surface area contributed by atoms with Crippen molar-refractivity contribution in [2.45, 2.75) is 32.7 Å². The predicted octanol–water partition coefficient (Wildman–Crippen LogP) is 0.472. The highest BCUT2D eigenvalue weighted by molar-refractivity contribution is 5.85. The second-order valence-electron chi connectivity index (χ2n) is 4.84. The molecule has 2 amide bonds. The normalized spacial score (nSPS) is 20.9. The molecule has 0 aromatic rings. The van der Waals surface area contributed by atoms with Gasteiger partial charge in [-0.3, -0.25) is 9.59 Å². The van der Waals surface area contributed by atoms with E-state index >= 15 is 0 Å². The zero-order chi connectivity index (χ0) is 13.0. The second kappa shape index (κ2) is 7.59. The molecule has 1 aliphatic heterocycles. The van der Waals surface area contributed by atoms with Gasteiger partial charge in [-0.2, -0.15) is 0 Å². The summed E-state index contributed by atoms with van der Waals surface area (Å²) >= 11 is 0. The first kappa shape index (κ1) is 17.2. The van der Waals surface area contributed by atoms with Gasteiger partial charge in [0.2, 0.25) is 11.8 Å². The maximum absolute atomic E-state index is 12.2. The lowest BCUT2D eigenvalue weighted by Gasteiger charge is -2.35. The van der Waals surface area contributed by atoms with Gasteiger partial charge in [0.1, 0.15) is 0 Å². The van der Waals surface area contributed by atoms with Crippen LogP contribution in [0.1, 0.15) is 26.7 Å². The SMILES string of the molecule is CC(=O)N1CCCC(C(=O)N(C)C(C)CN)C1.Cl. The Morgan fingerprint density at radius 3 is 2.61 bits per heavy atom. The number of rotatable bonds is 3. The smallest absolute Gasteiger partial charge is 0.227 e. The van der Waals surface area contributed by atoms with Gasteiger partial charge in [-0.05, 0) is 19.8 Å². The lowest BCUT2D eigenvalue weighted by Crippen LogP contribution is -2.48. The molecule has 1 aliphatic rings. The van der Waals surface area contributed by atoms with Crippen LogP contribution in [0, 0.1) is 5.92 Å². The van der Waals surface area contributed by atoms with E-state index in [9.17, 15) is 9.59 Å². The monoisotopic (exact) mass is 277 g/mol. The van der Waals surface area contributed by atoms with Gasteiger partial charge >= 0.3 is 0 Å². The third-order valence-electron chi connectivity index (χ3n) is 3.57. The van der Waals surface area contributed by atoms with E-state index in [1.807, 2.05) is 6.92 Å². The summed E-state index contributed by atoms with van der Waals surface area (Å²) in [5.41, 5.74) is 5.56. The minimum Gasteiger partial charge on any atom is -0.342 e. The number of nitrogens with zero attached hydrogens (tertiary/aromatic N) is 2. The Morgan fingerprint density at radius 2 is 2.11 bits per heavy atom. The van der Waals surface area contributed by atoms with Crippen molar-refractivity contribution >= 4 is 24.2 Å². The molecule has 6 heteroatoms. The molecule has 18 heavy (non-hydrogen) atoms. The Bertz CT molecular complexity index is 299. The van der Waals surface area contributed by atoms with E-state index in [-0.39, 0.29) is 36.2 Å². The van der Waals surface area contributed by atoms with Crippen LogP contribution in [0.15, 0.2) is 0 Å². The highest BCUT2D eigenvalue weighted by Gasteiger charge is 2.30. The average molecular weight is 278 g/mol. The summed E-state index contributed by atoms with van der Waals surface area (Å²) in [6.45, 7) is 5.28. The third-order valence-corrected chi connectivity index (χ3v) is 3.57. The fraction of sp³-hybridized carbons (Fsp3) is 0.833. The molecule has 2 N–H and O–H groups in total. The number of carbonyl (C=O) groups is 2. The third kappa shape index (κ3) is 4.14. The standard InChI is InChI=1S/C12H23N3O2.ClH/c1-9(7-13)14(3)12(17)11-5-4-6-15(8-11)10(2)16;/h9,11H,4-8,13H2,1-3H3;1H. The van der Waals surface area contributed by atoms with Crippen LogP contribution in [0.4, 0.5) is 0 Å². The van der Waals surface area contributed by atoms with Gasteiger partial charge < -0.3 is 15.5 Å². The molecule has 0 saturated carbocycles. The highest BCUT2D eigenvalue weighted by Crippen LogP contribution is 2.19. The molecular weight excluding hydrogens is 254 g/mol. The van der Waals surface area contributed by atoms with Crippen LogP contribution in [-0.4, -0.2) is 54.3 Å². The van der Waals surface area contributed by atoms with Crippen LogP contribution in [-0.2, 0) is 9.59 Å². The topological polar surface area (TPSA) is 66.6 Å². The van der Waals surface area contributed by atoms with E-state index < -0.39 is 0 Å². The largest absolute Gasteiger partial charge is 0.342 e. The van der Waals surface area contributed by atoms with Crippen molar-refractivity contribution in [2.24, 2.45) is 11.7 Å². The molecule has 1 saturated heterocycles. The van der Waals surface area contributed by atoms with E-state index in [1.54, 1.807) is 23.8 Å². The van der Waals surface area contributed by atoms with Crippen LogP contribution in [0.2, 0.25) is 0 Å². The van der Waals surface area contributed by atoms with Gasteiger partial charge in [-0.15, -0.1) is 12.4 Å². The summed E-state index contributed by atoms with van der Waals surface area (Å²) in [4.78, 5) is 27.0. The molecule has 1 rings (SSSR count). The number of nitrogens with two attached hydrogens (primary N) is 1. The molecular formula is C12H24ClN3O2. The summed E-state index contributed by atoms with van der Waals surface area (Å²) < 4.78 is 0. The molecule has 1 heterocycles. The van der Waals surface area contributed by atoms with Crippen LogP contribution in [0.3, 0.4) is 0 Å². The number of hydrogen-bond donors (Lipinski definition) is 1. The van der Waals surface area contributed by atoms with E-state index in [4.69, 9.17) is 5.73 Å². The summed E-state index contributed by atoms with van der Waals surface area (Å²) in [7, 11) is 1.78. The van der Waals surface area contributed by atoms with Gasteiger partial charge in [-0.25, -0.2) is 0 Å². The number of likely N-dealkylation sites (N-methyl/N-ethyl adjacent to an activating group) is 1. The van der Waals surface area contributed by atoms with Crippen molar-refractivity contribution in [1.82, 2.24) is 9.80 Å². The fourth-order valence-corrected chi connectivity index (χ4v) is 2.13. The first-order valence-corrected chi connectivity index (χ1v) is 6.19. The number of halogens is 1. The van der Waals surface area contributed by atoms with E-state index in [0.29, 0.717) is 13.1 Å². The molecule has 5 nitrogen and oxygen atoms in total. The molecule has 2 atom stereocenters. The Hall–Kier alpha value is -0.810. The molecule has 0 aliphatic carbocycles. The van der Waals surface area contributed by atoms with Crippen LogP contribution >= 0.6 is 12.4 Å². The summed E-state index contributed by atoms with van der Waals surface area (Å²) in [6.07, 6.45) is 1.77. The number of carbonyl (C=O) groups excluding carboxylic acids is 2. The van der Waals surface area contributed by atoms with E-state index in [0.717, 1.165) is 19.4 Å². The quantitative estimate of drug-likeness (QED) is 0.816. The molecule has 1 fully saturated rings. The van der Waals surface area contributed by atoms with E-state index in [1.165, 1.54) is 0 Å². The highest BCUT2D eigenvalue weighted by atomic mass is 35.5. The zero-order valence-electron chi connectivity index (χ0n) is 11.4. The second-order valence-corrected chi connectivity index (χ2v) is 4.84. The molecule has 106 valence electrons. The molecule has 0 bridgehead atoms. The molecule has 0 radical (unpaired) electrons. The van der Waals surface area contributed by atoms with Gasteiger partial charge in [-0.1, -0.05) is 0 Å². The number of likely N-dealkylation sites (tertiary alicyclic amines) is 1. The molecule has 2 unspecified atom stereocenters. The zero-order valence-corrected chi connectivity index (χ0v) is 12.2. The minimum atomic E-state index is -0.0633.